The van der Waals surface area contributed by atoms with Crippen LogP contribution in [0.25, 0.3) is 0 Å². The number of nitrogens with two attached hydrogens (primary N) is 1. The fourth-order valence-corrected chi connectivity index (χ4v) is 2.60. The Morgan fingerprint density at radius 2 is 2.12 bits per heavy atom. The molecule has 0 aromatic heterocycles. The van der Waals surface area contributed by atoms with Crippen LogP contribution in [0.1, 0.15) is 39.5 Å². The summed E-state index contributed by atoms with van der Waals surface area (Å²) in [5.41, 5.74) is 5.57. The van der Waals surface area contributed by atoms with E-state index in [1.165, 1.54) is 0 Å². The molecular formula is C13H26N2OS. The highest BCUT2D eigenvalue weighted by Crippen LogP contribution is 2.38. The molecular weight excluding hydrogens is 232 g/mol. The van der Waals surface area contributed by atoms with E-state index in [9.17, 15) is 4.79 Å². The van der Waals surface area contributed by atoms with E-state index in [1.807, 2.05) is 0 Å². The Kier molecular flexibility index (Phi) is 5.80. The van der Waals surface area contributed by atoms with Gasteiger partial charge < -0.3 is 11.1 Å². The molecule has 0 bridgehead atoms. The summed E-state index contributed by atoms with van der Waals surface area (Å²) in [7, 11) is 0. The van der Waals surface area contributed by atoms with Crippen molar-refractivity contribution in [1.82, 2.24) is 5.32 Å². The lowest BCUT2D eigenvalue weighted by atomic mass is 9.70. The van der Waals surface area contributed by atoms with Gasteiger partial charge >= 0.3 is 0 Å². The lowest BCUT2D eigenvalue weighted by molar-refractivity contribution is -0.132. The molecule has 17 heavy (non-hydrogen) atoms. The number of rotatable bonds is 5. The first-order chi connectivity index (χ1) is 8.04. The Hall–Kier alpha value is -0.220. The molecule has 1 aliphatic carbocycles. The summed E-state index contributed by atoms with van der Waals surface area (Å²) < 4.78 is 0. The summed E-state index contributed by atoms with van der Waals surface area (Å²) >= 11 is 1.77. The van der Waals surface area contributed by atoms with Crippen LogP contribution in [0.15, 0.2) is 0 Å². The summed E-state index contributed by atoms with van der Waals surface area (Å²) in [5, 5.41) is 3.54. The van der Waals surface area contributed by atoms with Crippen LogP contribution in [0.5, 0.6) is 0 Å². The van der Waals surface area contributed by atoms with Crippen LogP contribution in [0.4, 0.5) is 0 Å². The molecule has 1 atom stereocenters. The van der Waals surface area contributed by atoms with Gasteiger partial charge in [-0.25, -0.2) is 0 Å². The minimum absolute atomic E-state index is 0.174. The summed E-state index contributed by atoms with van der Waals surface area (Å²) in [6.07, 6.45) is 6.22. The van der Waals surface area contributed by atoms with Gasteiger partial charge in [-0.05, 0) is 37.9 Å². The van der Waals surface area contributed by atoms with Gasteiger partial charge in [0, 0.05) is 18.3 Å². The van der Waals surface area contributed by atoms with Crippen molar-refractivity contribution in [1.29, 1.82) is 0 Å². The predicted octanol–water partition coefficient (Wildman–Crippen LogP) is 2.01. The van der Waals surface area contributed by atoms with Crippen molar-refractivity contribution < 1.29 is 4.79 Å². The molecule has 100 valence electrons. The molecule has 0 aromatic rings. The van der Waals surface area contributed by atoms with Gasteiger partial charge in [-0.15, -0.1) is 0 Å². The lowest BCUT2D eigenvalue weighted by Crippen LogP contribution is -2.49. The molecule has 0 heterocycles. The number of thioether (sulfide) groups is 1. The minimum atomic E-state index is -0.287. The molecule has 0 aliphatic heterocycles. The van der Waals surface area contributed by atoms with Crippen LogP contribution in [0, 0.1) is 11.3 Å². The van der Waals surface area contributed by atoms with Crippen molar-refractivity contribution >= 4 is 17.7 Å². The average Bonchev–Trinajstić information content (AvgIpc) is 2.36. The SMILES string of the molecule is CSC(C)CNC(=O)C1(CN)CCC(C)CC1. The van der Waals surface area contributed by atoms with Crippen LogP contribution in [-0.4, -0.2) is 30.5 Å². The van der Waals surface area contributed by atoms with Crippen molar-refractivity contribution in [3.8, 4) is 0 Å². The monoisotopic (exact) mass is 258 g/mol. The molecule has 4 heteroatoms. The first-order valence-electron chi connectivity index (χ1n) is 6.55. The first kappa shape index (κ1) is 14.8. The van der Waals surface area contributed by atoms with Gasteiger partial charge in [0.15, 0.2) is 0 Å². The van der Waals surface area contributed by atoms with Gasteiger partial charge in [-0.2, -0.15) is 11.8 Å². The van der Waals surface area contributed by atoms with E-state index < -0.39 is 0 Å². The molecule has 3 nitrogen and oxygen atoms in total. The highest BCUT2D eigenvalue weighted by Gasteiger charge is 2.39. The zero-order valence-corrected chi connectivity index (χ0v) is 12.1. The third kappa shape index (κ3) is 3.88. The highest BCUT2D eigenvalue weighted by molar-refractivity contribution is 7.99. The number of carbonyl (C=O) groups excluding carboxylic acids is 1. The Labute approximate surface area is 109 Å². The third-order valence-corrected chi connectivity index (χ3v) is 5.03. The highest BCUT2D eigenvalue weighted by atomic mass is 32.2. The molecule has 1 amide bonds. The van der Waals surface area contributed by atoms with E-state index in [2.05, 4.69) is 25.4 Å². The molecule has 1 saturated carbocycles. The van der Waals surface area contributed by atoms with E-state index in [4.69, 9.17) is 5.73 Å². The Balaban J connectivity index is 2.51. The molecule has 1 rings (SSSR count). The van der Waals surface area contributed by atoms with Crippen LogP contribution < -0.4 is 11.1 Å². The summed E-state index contributed by atoms with van der Waals surface area (Å²) in [5.74, 6) is 0.917. The maximum atomic E-state index is 12.3. The van der Waals surface area contributed by atoms with Gasteiger partial charge in [0.2, 0.25) is 5.91 Å². The van der Waals surface area contributed by atoms with Crippen LogP contribution >= 0.6 is 11.8 Å². The zero-order valence-electron chi connectivity index (χ0n) is 11.3. The maximum Gasteiger partial charge on any atom is 0.227 e. The van der Waals surface area contributed by atoms with E-state index >= 15 is 0 Å². The number of hydrogen-bond acceptors (Lipinski definition) is 3. The van der Waals surface area contributed by atoms with Gasteiger partial charge in [-0.1, -0.05) is 13.8 Å². The minimum Gasteiger partial charge on any atom is -0.354 e. The quantitative estimate of drug-likeness (QED) is 0.793. The van der Waals surface area contributed by atoms with Gasteiger partial charge in [0.05, 0.1) is 5.41 Å². The van der Waals surface area contributed by atoms with Crippen LogP contribution in [0.2, 0.25) is 0 Å². The number of amides is 1. The van der Waals surface area contributed by atoms with Crippen molar-refractivity contribution in [2.75, 3.05) is 19.3 Å². The normalized spacial score (nSPS) is 30.9. The number of hydrogen-bond donors (Lipinski definition) is 2. The van der Waals surface area contributed by atoms with Crippen molar-refractivity contribution in [2.24, 2.45) is 17.1 Å². The Morgan fingerprint density at radius 3 is 2.59 bits per heavy atom. The fraction of sp³-hybridized carbons (Fsp3) is 0.923. The molecule has 0 spiro atoms. The van der Waals surface area contributed by atoms with Crippen LogP contribution in [0.3, 0.4) is 0 Å². The molecule has 0 aromatic carbocycles. The first-order valence-corrected chi connectivity index (χ1v) is 7.84. The standard InChI is InChI=1S/C13H26N2OS/c1-10-4-6-13(9-14,7-5-10)12(16)15-8-11(2)17-3/h10-11H,4-9,14H2,1-3H3,(H,15,16). The van der Waals surface area contributed by atoms with Crippen molar-refractivity contribution in [2.45, 2.75) is 44.8 Å². The molecule has 0 saturated heterocycles. The topological polar surface area (TPSA) is 55.1 Å². The molecule has 1 aliphatic rings. The molecule has 1 unspecified atom stereocenters. The van der Waals surface area contributed by atoms with Gasteiger partial charge in [0.25, 0.3) is 0 Å². The summed E-state index contributed by atoms with van der Waals surface area (Å²) in [6, 6.07) is 0. The molecule has 3 N–H and O–H groups in total. The Bertz CT molecular complexity index is 250. The second-order valence-corrected chi connectivity index (χ2v) is 6.70. The maximum absolute atomic E-state index is 12.3. The smallest absolute Gasteiger partial charge is 0.227 e. The largest absolute Gasteiger partial charge is 0.354 e. The second-order valence-electron chi connectivity index (χ2n) is 5.42. The van der Waals surface area contributed by atoms with Crippen molar-refractivity contribution in [3.05, 3.63) is 0 Å². The molecule has 0 radical (unpaired) electrons. The van der Waals surface area contributed by atoms with E-state index in [1.54, 1.807) is 11.8 Å². The number of carbonyl (C=O) groups is 1. The van der Waals surface area contributed by atoms with E-state index in [0.29, 0.717) is 11.8 Å². The fourth-order valence-electron chi connectivity index (χ4n) is 2.35. The number of nitrogens with one attached hydrogen (secondary N) is 1. The van der Waals surface area contributed by atoms with E-state index in [0.717, 1.165) is 38.1 Å². The summed E-state index contributed by atoms with van der Waals surface area (Å²) in [6.45, 7) is 5.62. The second kappa shape index (κ2) is 6.64. The van der Waals surface area contributed by atoms with Crippen LogP contribution in [-0.2, 0) is 4.79 Å². The Morgan fingerprint density at radius 1 is 1.53 bits per heavy atom. The van der Waals surface area contributed by atoms with Gasteiger partial charge in [0.1, 0.15) is 0 Å². The predicted molar refractivity (Wildman–Crippen MR) is 75.1 cm³/mol. The zero-order chi connectivity index (χ0) is 12.9. The van der Waals surface area contributed by atoms with Gasteiger partial charge in [-0.3, -0.25) is 4.79 Å². The summed E-state index contributed by atoms with van der Waals surface area (Å²) in [4.78, 5) is 12.3. The van der Waals surface area contributed by atoms with Crippen molar-refractivity contribution in [3.63, 3.8) is 0 Å². The average molecular weight is 258 g/mol. The third-order valence-electron chi connectivity index (χ3n) is 4.06. The molecule has 1 fully saturated rings. The lowest BCUT2D eigenvalue weighted by Gasteiger charge is -2.37. The van der Waals surface area contributed by atoms with E-state index in [-0.39, 0.29) is 11.3 Å².